The van der Waals surface area contributed by atoms with Gasteiger partial charge in [0.1, 0.15) is 16.9 Å². The Morgan fingerprint density at radius 2 is 1.69 bits per heavy atom. The predicted octanol–water partition coefficient (Wildman–Crippen LogP) is 4.00. The minimum atomic E-state index is -0.376. The van der Waals surface area contributed by atoms with Crippen molar-refractivity contribution >= 4 is 45.8 Å². The lowest BCUT2D eigenvalue weighted by molar-refractivity contribution is 0.102. The molecule has 0 aliphatic heterocycles. The number of anilines is 2. The zero-order valence-corrected chi connectivity index (χ0v) is 17.2. The van der Waals surface area contributed by atoms with Crippen LogP contribution >= 0.6 is 0 Å². The quantitative estimate of drug-likeness (QED) is 0.426. The number of fused-ring (bicyclic) bond motifs is 2. The maximum Gasteiger partial charge on any atom is 0.261 e. The highest BCUT2D eigenvalue weighted by Gasteiger charge is 2.24. The van der Waals surface area contributed by atoms with Crippen LogP contribution in [-0.2, 0) is 0 Å². The Hall–Kier alpha value is -4.59. The summed E-state index contributed by atoms with van der Waals surface area (Å²) in [4.78, 5) is 26.6. The van der Waals surface area contributed by atoms with Gasteiger partial charge in [-0.15, -0.1) is 0 Å². The molecule has 3 N–H and O–H groups in total. The van der Waals surface area contributed by atoms with Crippen LogP contribution in [0.3, 0.4) is 0 Å². The van der Waals surface area contributed by atoms with Crippen LogP contribution in [0.25, 0.3) is 22.2 Å². The van der Waals surface area contributed by atoms with E-state index in [0.717, 1.165) is 11.1 Å². The van der Waals surface area contributed by atoms with Crippen molar-refractivity contribution in [2.45, 2.75) is 6.92 Å². The largest absolute Gasteiger partial charge is 0.383 e. The zero-order chi connectivity index (χ0) is 22.1. The van der Waals surface area contributed by atoms with Crippen molar-refractivity contribution in [2.24, 2.45) is 5.10 Å². The fourth-order valence-corrected chi connectivity index (χ4v) is 3.39. The van der Waals surface area contributed by atoms with Gasteiger partial charge in [0.05, 0.1) is 17.2 Å². The van der Waals surface area contributed by atoms with Gasteiger partial charge >= 0.3 is 0 Å². The minimum absolute atomic E-state index is 0.158. The van der Waals surface area contributed by atoms with Crippen molar-refractivity contribution in [3.8, 4) is 0 Å². The van der Waals surface area contributed by atoms with E-state index in [2.05, 4.69) is 25.4 Å². The predicted molar refractivity (Wildman–Crippen MR) is 126 cm³/mol. The number of aromatic nitrogens is 4. The van der Waals surface area contributed by atoms with Gasteiger partial charge < -0.3 is 11.1 Å². The van der Waals surface area contributed by atoms with Crippen LogP contribution in [-0.4, -0.2) is 31.7 Å². The van der Waals surface area contributed by atoms with E-state index in [1.165, 1.54) is 4.68 Å². The van der Waals surface area contributed by atoms with E-state index in [1.54, 1.807) is 18.6 Å². The molecule has 5 aromatic rings. The van der Waals surface area contributed by atoms with Gasteiger partial charge in [0.25, 0.3) is 5.91 Å². The molecule has 2 aromatic carbocycles. The van der Waals surface area contributed by atoms with Crippen LogP contribution in [0.15, 0.2) is 78.2 Å². The number of rotatable bonds is 4. The number of nitrogen functional groups attached to an aromatic ring is 1. The molecule has 0 saturated heterocycles. The average molecular weight is 421 g/mol. The Balaban J connectivity index is 1.66. The van der Waals surface area contributed by atoms with E-state index < -0.39 is 0 Å². The van der Waals surface area contributed by atoms with Crippen LogP contribution in [0, 0.1) is 6.92 Å². The lowest BCUT2D eigenvalue weighted by Gasteiger charge is -2.06. The maximum atomic E-state index is 13.2. The van der Waals surface area contributed by atoms with Gasteiger partial charge in [-0.3, -0.25) is 9.78 Å². The lowest BCUT2D eigenvalue weighted by Crippen LogP contribution is -2.14. The van der Waals surface area contributed by atoms with E-state index in [4.69, 9.17) is 5.73 Å². The van der Waals surface area contributed by atoms with Crippen molar-refractivity contribution in [1.29, 1.82) is 0 Å². The number of hydrogen-bond donors (Lipinski definition) is 2. The summed E-state index contributed by atoms with van der Waals surface area (Å²) in [6, 6.07) is 18.6. The second-order valence-electron chi connectivity index (χ2n) is 7.30. The third-order valence-electron chi connectivity index (χ3n) is 5.04. The van der Waals surface area contributed by atoms with Gasteiger partial charge in [0, 0.05) is 18.1 Å². The molecule has 1 amide bonds. The van der Waals surface area contributed by atoms with Gasteiger partial charge in [0.15, 0.2) is 5.65 Å². The van der Waals surface area contributed by atoms with Crippen molar-refractivity contribution < 1.29 is 4.79 Å². The van der Waals surface area contributed by atoms with Crippen molar-refractivity contribution in [1.82, 2.24) is 19.6 Å². The summed E-state index contributed by atoms with van der Waals surface area (Å²) in [6.45, 7) is 1.98. The first-order valence-electron chi connectivity index (χ1n) is 9.99. The lowest BCUT2D eigenvalue weighted by atomic mass is 10.2. The summed E-state index contributed by atoms with van der Waals surface area (Å²) in [5.74, 6) is -0.219. The fourth-order valence-electron chi connectivity index (χ4n) is 3.39. The molecule has 8 heteroatoms. The standard InChI is InChI=1S/C24H19N7O/c1-15-6-8-17(9-7-15)28-24(32)20-21-23(30-19-5-3-2-4-18(19)29-21)31(22(20)25)27-14-16-10-12-26-13-11-16/h2-14H,25H2,1H3,(H,28,32). The number of nitrogens with two attached hydrogens (primary N) is 1. The van der Waals surface area contributed by atoms with Crippen LogP contribution < -0.4 is 11.1 Å². The van der Waals surface area contributed by atoms with E-state index in [9.17, 15) is 4.79 Å². The number of nitrogens with one attached hydrogen (secondary N) is 1. The van der Waals surface area contributed by atoms with E-state index in [0.29, 0.717) is 27.9 Å². The number of benzene rings is 2. The number of hydrogen-bond acceptors (Lipinski definition) is 6. The Labute approximate surface area is 183 Å². The van der Waals surface area contributed by atoms with Crippen LogP contribution in [0.2, 0.25) is 0 Å². The van der Waals surface area contributed by atoms with E-state index in [1.807, 2.05) is 67.6 Å². The van der Waals surface area contributed by atoms with Crippen molar-refractivity contribution in [3.63, 3.8) is 0 Å². The topological polar surface area (TPSA) is 111 Å². The van der Waals surface area contributed by atoms with Crippen LogP contribution in [0.4, 0.5) is 11.5 Å². The van der Waals surface area contributed by atoms with Crippen molar-refractivity contribution in [3.05, 3.63) is 89.7 Å². The van der Waals surface area contributed by atoms with Crippen LogP contribution in [0.5, 0.6) is 0 Å². The molecule has 156 valence electrons. The molecule has 0 saturated carbocycles. The summed E-state index contributed by atoms with van der Waals surface area (Å²) < 4.78 is 1.44. The first kappa shape index (κ1) is 19.4. The zero-order valence-electron chi connectivity index (χ0n) is 17.2. The number of nitrogens with zero attached hydrogens (tertiary/aromatic N) is 5. The van der Waals surface area contributed by atoms with Crippen molar-refractivity contribution in [2.75, 3.05) is 11.1 Å². The number of aryl methyl sites for hydroxylation is 1. The summed E-state index contributed by atoms with van der Waals surface area (Å²) in [5.41, 5.74) is 11.4. The molecule has 3 aromatic heterocycles. The van der Waals surface area contributed by atoms with Gasteiger partial charge in [-0.25, -0.2) is 9.97 Å². The van der Waals surface area contributed by atoms with Gasteiger partial charge in [-0.1, -0.05) is 29.8 Å². The number of carbonyl (C=O) groups excluding carboxylic acids is 1. The molecule has 0 atom stereocenters. The molecule has 0 aliphatic carbocycles. The maximum absolute atomic E-state index is 13.2. The number of para-hydroxylation sites is 2. The molecule has 3 heterocycles. The fraction of sp³-hybridized carbons (Fsp3) is 0.0417. The molecule has 0 spiro atoms. The highest BCUT2D eigenvalue weighted by molar-refractivity contribution is 6.16. The minimum Gasteiger partial charge on any atom is -0.383 e. The first-order valence-corrected chi connectivity index (χ1v) is 9.99. The molecule has 5 rings (SSSR count). The number of pyridine rings is 1. The van der Waals surface area contributed by atoms with E-state index in [-0.39, 0.29) is 17.3 Å². The molecular weight excluding hydrogens is 402 g/mol. The molecule has 0 fully saturated rings. The highest BCUT2D eigenvalue weighted by Crippen LogP contribution is 2.28. The third kappa shape index (κ3) is 3.54. The second kappa shape index (κ2) is 7.92. The molecule has 0 unspecified atom stereocenters. The van der Waals surface area contributed by atoms with Gasteiger partial charge in [-0.05, 0) is 48.9 Å². The third-order valence-corrected chi connectivity index (χ3v) is 5.04. The van der Waals surface area contributed by atoms with Crippen LogP contribution in [0.1, 0.15) is 21.5 Å². The van der Waals surface area contributed by atoms with Gasteiger partial charge in [-0.2, -0.15) is 9.78 Å². The molecule has 0 aliphatic rings. The number of amides is 1. The molecule has 8 nitrogen and oxygen atoms in total. The monoisotopic (exact) mass is 421 g/mol. The summed E-state index contributed by atoms with van der Waals surface area (Å²) in [7, 11) is 0. The van der Waals surface area contributed by atoms with Gasteiger partial charge in [0.2, 0.25) is 0 Å². The Bertz CT molecular complexity index is 1470. The number of carbonyl (C=O) groups is 1. The summed E-state index contributed by atoms with van der Waals surface area (Å²) in [6.07, 6.45) is 4.98. The smallest absolute Gasteiger partial charge is 0.261 e. The molecule has 0 radical (unpaired) electrons. The normalized spacial score (nSPS) is 11.4. The Morgan fingerprint density at radius 3 is 2.41 bits per heavy atom. The highest BCUT2D eigenvalue weighted by atomic mass is 16.1. The van der Waals surface area contributed by atoms with E-state index >= 15 is 0 Å². The molecular formula is C24H19N7O. The second-order valence-corrected chi connectivity index (χ2v) is 7.30. The summed E-state index contributed by atoms with van der Waals surface area (Å²) in [5, 5.41) is 7.38. The summed E-state index contributed by atoms with van der Waals surface area (Å²) >= 11 is 0. The molecule has 0 bridgehead atoms. The average Bonchev–Trinajstić information content (AvgIpc) is 3.08. The Kier molecular flexibility index (Phi) is 4.79. The Morgan fingerprint density at radius 1 is 1.00 bits per heavy atom. The molecule has 32 heavy (non-hydrogen) atoms. The SMILES string of the molecule is Cc1ccc(NC(=O)c2c(N)n(N=Cc3ccncc3)c3nc4ccccc4nc23)cc1. The first-order chi connectivity index (χ1) is 15.6.